The van der Waals surface area contributed by atoms with E-state index in [1.807, 2.05) is 62.7 Å². The number of benzene rings is 2. The van der Waals surface area contributed by atoms with Crippen LogP contribution in [-0.2, 0) is 6.54 Å². The maximum Gasteiger partial charge on any atom is 0.324 e. The summed E-state index contributed by atoms with van der Waals surface area (Å²) in [6.45, 7) is 9.53. The minimum Gasteiger partial charge on any atom is -0.360 e. The first-order valence-electron chi connectivity index (χ1n) is 13.2. The molecule has 0 saturated heterocycles. The van der Waals surface area contributed by atoms with E-state index in [2.05, 4.69) is 31.2 Å². The zero-order chi connectivity index (χ0) is 29.3. The van der Waals surface area contributed by atoms with Crippen LogP contribution in [-0.4, -0.2) is 31.9 Å². The summed E-state index contributed by atoms with van der Waals surface area (Å²) in [6, 6.07) is 14.2. The van der Waals surface area contributed by atoms with Gasteiger partial charge in [0.2, 0.25) is 0 Å². The Bertz CT molecular complexity index is 1830. The zero-order valence-electron chi connectivity index (χ0n) is 23.5. The molecule has 0 spiro atoms. The number of amides is 3. The Hall–Kier alpha value is -5.19. The van der Waals surface area contributed by atoms with Crippen molar-refractivity contribution in [2.45, 2.75) is 47.2 Å². The number of hydrogen-bond donors (Lipinski definition) is 4. The summed E-state index contributed by atoms with van der Waals surface area (Å²) < 4.78 is 6.85. The van der Waals surface area contributed by atoms with Crippen molar-refractivity contribution in [2.24, 2.45) is 0 Å². The highest BCUT2D eigenvalue weighted by Crippen LogP contribution is 2.31. The first kappa shape index (κ1) is 27.4. The molecule has 0 radical (unpaired) electrons. The first-order chi connectivity index (χ1) is 19.6. The number of fused-ring (bicyclic) bond motifs is 1. The number of hydrogen-bond acceptors (Lipinski definition) is 6. The Balaban J connectivity index is 1.46. The lowest BCUT2D eigenvalue weighted by Crippen LogP contribution is -2.28. The predicted octanol–water partition coefficient (Wildman–Crippen LogP) is 5.46. The molecule has 5 rings (SSSR count). The number of nitrogens with one attached hydrogen (secondary N) is 4. The second-order valence-corrected chi connectivity index (χ2v) is 10.2. The van der Waals surface area contributed by atoms with Crippen LogP contribution in [0.5, 0.6) is 0 Å². The van der Waals surface area contributed by atoms with E-state index in [9.17, 15) is 14.4 Å². The van der Waals surface area contributed by atoms with E-state index >= 15 is 0 Å². The fourth-order valence-corrected chi connectivity index (χ4v) is 4.76. The summed E-state index contributed by atoms with van der Waals surface area (Å²) in [6.07, 6.45) is 1.69. The van der Waals surface area contributed by atoms with Crippen LogP contribution in [0.4, 0.5) is 16.3 Å². The number of H-pyrrole nitrogens is 1. The van der Waals surface area contributed by atoms with E-state index in [1.165, 1.54) is 0 Å². The molecule has 0 bridgehead atoms. The molecular formula is C30H31N7O4. The zero-order valence-corrected chi connectivity index (χ0v) is 23.5. The van der Waals surface area contributed by atoms with Gasteiger partial charge in [0.05, 0.1) is 17.3 Å². The van der Waals surface area contributed by atoms with Gasteiger partial charge in [-0.2, -0.15) is 5.10 Å². The molecule has 5 aromatic rings. The molecule has 0 aliphatic carbocycles. The average molecular weight is 554 g/mol. The smallest absolute Gasteiger partial charge is 0.324 e. The molecule has 41 heavy (non-hydrogen) atoms. The van der Waals surface area contributed by atoms with Gasteiger partial charge in [-0.15, -0.1) is 0 Å². The minimum absolute atomic E-state index is 0.0595. The third kappa shape index (κ3) is 5.88. The van der Waals surface area contributed by atoms with Crippen LogP contribution in [0.3, 0.4) is 0 Å². The number of aromatic nitrogens is 4. The number of aryl methyl sites for hydroxylation is 3. The molecule has 0 fully saturated rings. The van der Waals surface area contributed by atoms with Gasteiger partial charge >= 0.3 is 6.03 Å². The molecule has 210 valence electrons. The number of urea groups is 1. The summed E-state index contributed by atoms with van der Waals surface area (Å²) in [5, 5.41) is 17.3. The van der Waals surface area contributed by atoms with Gasteiger partial charge in [-0.1, -0.05) is 17.3 Å². The third-order valence-electron chi connectivity index (χ3n) is 6.69. The van der Waals surface area contributed by atoms with Gasteiger partial charge in [0.25, 0.3) is 11.5 Å². The summed E-state index contributed by atoms with van der Waals surface area (Å²) in [4.78, 5) is 41.3. The lowest BCUT2D eigenvalue weighted by atomic mass is 9.99. The molecular weight excluding hydrogens is 522 g/mol. The molecule has 0 saturated carbocycles. The van der Waals surface area contributed by atoms with E-state index < -0.39 is 6.03 Å². The van der Waals surface area contributed by atoms with Gasteiger partial charge < -0.3 is 20.1 Å². The second-order valence-electron chi connectivity index (χ2n) is 10.2. The number of rotatable bonds is 7. The molecule has 4 N–H and O–H groups in total. The molecule has 3 aromatic heterocycles. The molecule has 11 nitrogen and oxygen atoms in total. The van der Waals surface area contributed by atoms with Crippen molar-refractivity contribution in [3.8, 4) is 11.1 Å². The first-order valence-corrected chi connectivity index (χ1v) is 13.2. The number of nitrogens with zero attached hydrogens (tertiary/aromatic N) is 3. The van der Waals surface area contributed by atoms with Crippen molar-refractivity contribution in [1.82, 2.24) is 25.2 Å². The SMILES string of the molecule is Cc1cc(C)c(CNC(=O)c2cc(-c3cccc(NC(=O)Nc4cc(C)on4)c3)cc3c2cnn3C(C)C)c(=O)[nH]1. The summed E-state index contributed by atoms with van der Waals surface area (Å²) in [7, 11) is 0. The third-order valence-corrected chi connectivity index (χ3v) is 6.69. The van der Waals surface area contributed by atoms with E-state index in [0.29, 0.717) is 33.8 Å². The number of carbonyl (C=O) groups excluding carboxylic acids is 2. The Morgan fingerprint density at radius 1 is 1.02 bits per heavy atom. The second kappa shape index (κ2) is 11.1. The van der Waals surface area contributed by atoms with Gasteiger partial charge in [-0.3, -0.25) is 19.6 Å². The molecule has 0 aliphatic rings. The maximum absolute atomic E-state index is 13.5. The largest absolute Gasteiger partial charge is 0.360 e. The van der Waals surface area contributed by atoms with E-state index in [1.54, 1.807) is 31.3 Å². The van der Waals surface area contributed by atoms with E-state index in [0.717, 1.165) is 27.9 Å². The van der Waals surface area contributed by atoms with Gasteiger partial charge in [-0.05, 0) is 81.6 Å². The van der Waals surface area contributed by atoms with Crippen molar-refractivity contribution < 1.29 is 14.1 Å². The fourth-order valence-electron chi connectivity index (χ4n) is 4.76. The summed E-state index contributed by atoms with van der Waals surface area (Å²) >= 11 is 0. The predicted molar refractivity (Wildman–Crippen MR) is 157 cm³/mol. The highest BCUT2D eigenvalue weighted by Gasteiger charge is 2.18. The number of carbonyl (C=O) groups is 2. The topological polar surface area (TPSA) is 147 Å². The number of aromatic amines is 1. The van der Waals surface area contributed by atoms with Gasteiger partial charge in [0, 0.05) is 41.0 Å². The van der Waals surface area contributed by atoms with Crippen LogP contribution in [0.15, 0.2) is 64.0 Å². The van der Waals surface area contributed by atoms with Gasteiger partial charge in [-0.25, -0.2) is 4.79 Å². The van der Waals surface area contributed by atoms with Crippen LogP contribution in [0.25, 0.3) is 22.0 Å². The van der Waals surface area contributed by atoms with Crippen molar-refractivity contribution in [3.63, 3.8) is 0 Å². The monoisotopic (exact) mass is 553 g/mol. The Kier molecular flexibility index (Phi) is 7.43. The number of anilines is 2. The molecule has 0 aliphatic heterocycles. The van der Waals surface area contributed by atoms with Crippen LogP contribution < -0.4 is 21.5 Å². The van der Waals surface area contributed by atoms with Crippen molar-refractivity contribution in [1.29, 1.82) is 0 Å². The van der Waals surface area contributed by atoms with Crippen molar-refractivity contribution >= 4 is 34.3 Å². The van der Waals surface area contributed by atoms with Crippen LogP contribution >= 0.6 is 0 Å². The normalized spacial score (nSPS) is 11.2. The fraction of sp³-hybridized carbons (Fsp3) is 0.233. The van der Waals surface area contributed by atoms with Crippen molar-refractivity contribution in [3.05, 3.63) is 93.2 Å². The molecule has 3 heterocycles. The molecule has 0 atom stereocenters. The average Bonchev–Trinajstić information content (AvgIpc) is 3.53. The number of pyridine rings is 1. The lowest BCUT2D eigenvalue weighted by Gasteiger charge is -2.13. The molecule has 3 amide bonds. The molecule has 11 heteroatoms. The molecule has 0 unspecified atom stereocenters. The maximum atomic E-state index is 13.5. The Morgan fingerprint density at radius 2 is 1.83 bits per heavy atom. The quantitative estimate of drug-likeness (QED) is 0.210. The highest BCUT2D eigenvalue weighted by atomic mass is 16.5. The van der Waals surface area contributed by atoms with Gasteiger partial charge in [0.15, 0.2) is 5.82 Å². The van der Waals surface area contributed by atoms with Crippen LogP contribution in [0, 0.1) is 20.8 Å². The van der Waals surface area contributed by atoms with Crippen LogP contribution in [0.1, 0.15) is 52.8 Å². The summed E-state index contributed by atoms with van der Waals surface area (Å²) in [5.74, 6) is 0.567. The van der Waals surface area contributed by atoms with Gasteiger partial charge in [0.1, 0.15) is 5.76 Å². The summed E-state index contributed by atoms with van der Waals surface area (Å²) in [5.41, 5.74) is 5.20. The highest BCUT2D eigenvalue weighted by molar-refractivity contribution is 6.08. The van der Waals surface area contributed by atoms with E-state index in [-0.39, 0.29) is 24.1 Å². The molecule has 2 aromatic carbocycles. The lowest BCUT2D eigenvalue weighted by molar-refractivity contribution is 0.0952. The minimum atomic E-state index is -0.467. The Labute approximate surface area is 235 Å². The van der Waals surface area contributed by atoms with Crippen molar-refractivity contribution in [2.75, 3.05) is 10.6 Å². The van der Waals surface area contributed by atoms with Crippen LogP contribution in [0.2, 0.25) is 0 Å². The van der Waals surface area contributed by atoms with E-state index in [4.69, 9.17) is 4.52 Å². The standard InChI is InChI=1S/C30H31N7O4/c1-16(2)37-26-13-21(20-7-6-8-22(11-20)34-30(40)35-27-10-19(5)41-36-27)12-23(25(26)15-32-37)28(38)31-14-24-17(3)9-18(4)33-29(24)39/h6-13,15-16H,14H2,1-5H3,(H,31,38)(H,33,39)(H2,34,35,36,40). The Morgan fingerprint density at radius 3 is 2.54 bits per heavy atom.